The van der Waals surface area contributed by atoms with Gasteiger partial charge in [-0.05, 0) is 38.1 Å². The van der Waals surface area contributed by atoms with E-state index in [1.54, 1.807) is 6.07 Å². The van der Waals surface area contributed by atoms with Crippen molar-refractivity contribution in [1.29, 1.82) is 0 Å². The quantitative estimate of drug-likeness (QED) is 0.830. The first-order valence-electron chi connectivity index (χ1n) is 6.93. The van der Waals surface area contributed by atoms with Gasteiger partial charge in [0.05, 0.1) is 0 Å². The molecule has 0 fully saturated rings. The maximum Gasteiger partial charge on any atom is 0.229 e. The van der Waals surface area contributed by atoms with E-state index < -0.39 is 0 Å². The minimum atomic E-state index is 0. The van der Waals surface area contributed by atoms with Crippen LogP contribution in [0.15, 0.2) is 22.7 Å². The topological polar surface area (TPSA) is 51.0 Å². The molecule has 22 heavy (non-hydrogen) atoms. The van der Waals surface area contributed by atoms with Gasteiger partial charge in [0, 0.05) is 28.4 Å². The first kappa shape index (κ1) is 19.2. The Balaban J connectivity index is 0.00000242. The summed E-state index contributed by atoms with van der Waals surface area (Å²) in [7, 11) is 1.91. The number of hydrogen-bond donors (Lipinski definition) is 1. The van der Waals surface area contributed by atoms with Gasteiger partial charge in [-0.15, -0.1) is 12.4 Å². The Labute approximate surface area is 147 Å². The fourth-order valence-electron chi connectivity index (χ4n) is 2.03. The van der Waals surface area contributed by atoms with E-state index in [0.29, 0.717) is 22.0 Å². The van der Waals surface area contributed by atoms with E-state index >= 15 is 0 Å². The van der Waals surface area contributed by atoms with Gasteiger partial charge in [0.1, 0.15) is 0 Å². The molecule has 122 valence electrons. The van der Waals surface area contributed by atoms with Crippen molar-refractivity contribution in [2.24, 2.45) is 0 Å². The average Bonchev–Trinajstić information content (AvgIpc) is 2.90. The van der Waals surface area contributed by atoms with E-state index in [1.165, 1.54) is 0 Å². The second-order valence-corrected chi connectivity index (χ2v) is 6.13. The monoisotopic (exact) mass is 363 g/mol. The van der Waals surface area contributed by atoms with Crippen molar-refractivity contribution in [3.63, 3.8) is 0 Å². The number of nitrogens with zero attached hydrogens (tertiary/aromatic N) is 2. The molecule has 2 atom stereocenters. The molecular weight excluding hydrogens is 345 g/mol. The molecule has 2 unspecified atom stereocenters. The Kier molecular flexibility index (Phi) is 7.63. The number of hydrogen-bond acceptors (Lipinski definition) is 4. The van der Waals surface area contributed by atoms with Crippen molar-refractivity contribution in [1.82, 2.24) is 15.5 Å². The SMILES string of the molecule is CNC(C)Cc1noc(C(C)Cc2ccc(Cl)cc2Cl)n1.Cl. The smallest absolute Gasteiger partial charge is 0.229 e. The van der Waals surface area contributed by atoms with Gasteiger partial charge in [-0.2, -0.15) is 4.98 Å². The standard InChI is InChI=1S/C15H19Cl2N3O.ClH/c1-9(6-11-4-5-12(16)8-13(11)17)15-19-14(20-21-15)7-10(2)18-3;/h4-5,8-10,18H,6-7H2,1-3H3;1H. The third kappa shape index (κ3) is 5.13. The van der Waals surface area contributed by atoms with Crippen LogP contribution < -0.4 is 5.32 Å². The molecule has 7 heteroatoms. The number of benzene rings is 1. The van der Waals surface area contributed by atoms with E-state index in [2.05, 4.69) is 22.4 Å². The zero-order chi connectivity index (χ0) is 15.4. The number of halogens is 3. The Hall–Kier alpha value is -0.810. The summed E-state index contributed by atoms with van der Waals surface area (Å²) < 4.78 is 5.35. The summed E-state index contributed by atoms with van der Waals surface area (Å²) in [5, 5.41) is 8.48. The molecule has 4 nitrogen and oxygen atoms in total. The zero-order valence-electron chi connectivity index (χ0n) is 12.8. The molecule has 1 heterocycles. The zero-order valence-corrected chi connectivity index (χ0v) is 15.1. The van der Waals surface area contributed by atoms with Gasteiger partial charge in [-0.1, -0.05) is 41.3 Å². The summed E-state index contributed by atoms with van der Waals surface area (Å²) in [6.07, 6.45) is 1.48. The maximum atomic E-state index is 6.19. The van der Waals surface area contributed by atoms with Gasteiger partial charge >= 0.3 is 0 Å². The van der Waals surface area contributed by atoms with E-state index in [-0.39, 0.29) is 18.3 Å². The normalized spacial score (nSPS) is 13.5. The minimum absolute atomic E-state index is 0. The van der Waals surface area contributed by atoms with Crippen LogP contribution in [0.2, 0.25) is 10.0 Å². The summed E-state index contributed by atoms with van der Waals surface area (Å²) >= 11 is 12.1. The first-order valence-corrected chi connectivity index (χ1v) is 7.69. The molecule has 0 saturated heterocycles. The van der Waals surface area contributed by atoms with Crippen LogP contribution in [0.4, 0.5) is 0 Å². The Morgan fingerprint density at radius 2 is 1.95 bits per heavy atom. The van der Waals surface area contributed by atoms with Gasteiger partial charge < -0.3 is 9.84 Å². The van der Waals surface area contributed by atoms with Crippen molar-refractivity contribution in [2.45, 2.75) is 38.6 Å². The van der Waals surface area contributed by atoms with E-state index in [4.69, 9.17) is 27.7 Å². The predicted octanol–water partition coefficient (Wildman–Crippen LogP) is 4.29. The Bertz CT molecular complexity index is 603. The van der Waals surface area contributed by atoms with Crippen molar-refractivity contribution in [3.05, 3.63) is 45.5 Å². The highest BCUT2D eigenvalue weighted by Gasteiger charge is 2.17. The summed E-state index contributed by atoms with van der Waals surface area (Å²) in [6.45, 7) is 4.12. The number of rotatable bonds is 6. The van der Waals surface area contributed by atoms with Crippen LogP contribution in [0.25, 0.3) is 0 Å². The van der Waals surface area contributed by atoms with Gasteiger partial charge in [0.25, 0.3) is 0 Å². The van der Waals surface area contributed by atoms with Crippen LogP contribution in [-0.2, 0) is 12.8 Å². The Morgan fingerprint density at radius 3 is 2.59 bits per heavy atom. The molecule has 0 amide bonds. The molecule has 2 aromatic rings. The molecule has 0 aliphatic rings. The van der Waals surface area contributed by atoms with E-state index in [0.717, 1.165) is 24.2 Å². The lowest BCUT2D eigenvalue weighted by Crippen LogP contribution is -2.24. The molecule has 0 radical (unpaired) electrons. The van der Waals surface area contributed by atoms with Crippen LogP contribution >= 0.6 is 35.6 Å². The van der Waals surface area contributed by atoms with Crippen LogP contribution in [-0.4, -0.2) is 23.2 Å². The Morgan fingerprint density at radius 1 is 1.23 bits per heavy atom. The molecule has 0 saturated carbocycles. The van der Waals surface area contributed by atoms with Crippen LogP contribution in [0.5, 0.6) is 0 Å². The first-order chi connectivity index (χ1) is 9.99. The van der Waals surface area contributed by atoms with Crippen LogP contribution in [0, 0.1) is 0 Å². The molecule has 0 bridgehead atoms. The van der Waals surface area contributed by atoms with Gasteiger partial charge in [0.2, 0.25) is 5.89 Å². The lowest BCUT2D eigenvalue weighted by Gasteiger charge is -2.08. The molecule has 2 rings (SSSR count). The number of likely N-dealkylation sites (N-methyl/N-ethyl adjacent to an activating group) is 1. The summed E-state index contributed by atoms with van der Waals surface area (Å²) in [5.41, 5.74) is 1.02. The molecule has 0 aliphatic heterocycles. The average molecular weight is 365 g/mol. The largest absolute Gasteiger partial charge is 0.339 e. The van der Waals surface area contributed by atoms with Crippen LogP contribution in [0.1, 0.15) is 37.0 Å². The molecule has 0 aliphatic carbocycles. The number of nitrogens with one attached hydrogen (secondary N) is 1. The van der Waals surface area contributed by atoms with Crippen molar-refractivity contribution in [3.8, 4) is 0 Å². The minimum Gasteiger partial charge on any atom is -0.339 e. The molecule has 1 N–H and O–H groups in total. The lowest BCUT2D eigenvalue weighted by atomic mass is 10.0. The molecule has 1 aromatic heterocycles. The van der Waals surface area contributed by atoms with Crippen molar-refractivity contribution in [2.75, 3.05) is 7.05 Å². The second kappa shape index (κ2) is 8.73. The van der Waals surface area contributed by atoms with E-state index in [1.807, 2.05) is 26.1 Å². The predicted molar refractivity (Wildman–Crippen MR) is 92.4 cm³/mol. The highest BCUT2D eigenvalue weighted by atomic mass is 35.5. The number of aromatic nitrogens is 2. The summed E-state index contributed by atoms with van der Waals surface area (Å²) in [4.78, 5) is 4.45. The third-order valence-electron chi connectivity index (χ3n) is 3.43. The molecular formula is C15H20Cl3N3O. The summed E-state index contributed by atoms with van der Waals surface area (Å²) in [5.74, 6) is 1.47. The highest BCUT2D eigenvalue weighted by molar-refractivity contribution is 6.35. The fourth-order valence-corrected chi connectivity index (χ4v) is 2.52. The van der Waals surface area contributed by atoms with Gasteiger partial charge in [-0.25, -0.2) is 0 Å². The summed E-state index contributed by atoms with van der Waals surface area (Å²) in [6, 6.07) is 5.83. The van der Waals surface area contributed by atoms with Gasteiger partial charge in [-0.3, -0.25) is 0 Å². The maximum absolute atomic E-state index is 6.19. The van der Waals surface area contributed by atoms with Gasteiger partial charge in [0.15, 0.2) is 5.82 Å². The van der Waals surface area contributed by atoms with Crippen molar-refractivity contribution >= 4 is 35.6 Å². The second-order valence-electron chi connectivity index (χ2n) is 5.28. The van der Waals surface area contributed by atoms with Crippen molar-refractivity contribution < 1.29 is 4.52 Å². The third-order valence-corrected chi connectivity index (χ3v) is 4.02. The van der Waals surface area contributed by atoms with Crippen LogP contribution in [0.3, 0.4) is 0 Å². The van der Waals surface area contributed by atoms with E-state index in [9.17, 15) is 0 Å². The lowest BCUT2D eigenvalue weighted by molar-refractivity contribution is 0.353. The molecule has 0 spiro atoms. The molecule has 1 aromatic carbocycles. The fraction of sp³-hybridized carbons (Fsp3) is 0.467. The highest BCUT2D eigenvalue weighted by Crippen LogP contribution is 2.26.